The largest absolute Gasteiger partial charge is 0.491 e. The summed E-state index contributed by atoms with van der Waals surface area (Å²) in [5, 5.41) is 25.6. The third-order valence-electron chi connectivity index (χ3n) is 12.7. The van der Waals surface area contributed by atoms with E-state index in [0.29, 0.717) is 11.4 Å². The van der Waals surface area contributed by atoms with Crippen molar-refractivity contribution >= 4 is 63.7 Å². The molecule has 0 bridgehead atoms. The molecule has 3 atom stereocenters. The van der Waals surface area contributed by atoms with E-state index in [0.717, 1.165) is 49.9 Å². The third-order valence-corrected chi connectivity index (χ3v) is 14.1. The molecule has 2 fully saturated rings. The number of β-amino-alcohol motifs (C(OH)–C–C–N with tert-alkyl or cyclic N) is 1. The number of thiocarbonyl (C=S) groups is 1. The summed E-state index contributed by atoms with van der Waals surface area (Å²) < 4.78 is 58.4. The number of nitrogens with one attached hydrogen (secondary N) is 2. The first-order chi connectivity index (χ1) is 35.1. The van der Waals surface area contributed by atoms with Crippen molar-refractivity contribution in [1.29, 1.82) is 5.26 Å². The molecule has 2 aliphatic heterocycles. The smallest absolute Gasteiger partial charge is 0.417 e. The third kappa shape index (κ3) is 12.8. The lowest BCUT2D eigenvalue weighted by atomic mass is 9.85. The number of likely N-dealkylation sites (tertiary alicyclic amines) is 1. The summed E-state index contributed by atoms with van der Waals surface area (Å²) >= 11 is 7.23. The highest BCUT2D eigenvalue weighted by Crippen LogP contribution is 2.40. The Hall–Kier alpha value is -6.76. The van der Waals surface area contributed by atoms with Gasteiger partial charge < -0.3 is 39.8 Å². The number of halogens is 3. The van der Waals surface area contributed by atoms with Crippen molar-refractivity contribution in [3.63, 3.8) is 0 Å². The highest BCUT2D eigenvalue weighted by Gasteiger charge is 2.51. The minimum absolute atomic E-state index is 0.00214. The molecule has 2 aliphatic rings. The Kier molecular flexibility index (Phi) is 17.2. The van der Waals surface area contributed by atoms with Crippen molar-refractivity contribution < 1.29 is 51.7 Å². The van der Waals surface area contributed by atoms with Gasteiger partial charge in [-0.25, -0.2) is 4.98 Å². The van der Waals surface area contributed by atoms with Crippen molar-refractivity contribution in [3.8, 4) is 33.4 Å². The van der Waals surface area contributed by atoms with Crippen LogP contribution in [0, 0.1) is 23.7 Å². The maximum absolute atomic E-state index is 14.0. The van der Waals surface area contributed by atoms with Crippen LogP contribution in [0.4, 0.5) is 24.5 Å². The average molecular weight is 1050 g/mol. The molecule has 3 heterocycles. The molecule has 7 rings (SSSR count). The van der Waals surface area contributed by atoms with E-state index in [1.807, 2.05) is 88.4 Å². The molecule has 0 saturated carbocycles. The number of aliphatic hydroxyl groups is 1. The Balaban J connectivity index is 0.807. The molecule has 0 spiro atoms. The van der Waals surface area contributed by atoms with Gasteiger partial charge in [-0.2, -0.15) is 18.4 Å². The van der Waals surface area contributed by atoms with E-state index in [-0.39, 0.29) is 75.7 Å². The highest BCUT2D eigenvalue weighted by atomic mass is 32.1. The van der Waals surface area contributed by atoms with Gasteiger partial charge in [0.25, 0.3) is 5.91 Å². The summed E-state index contributed by atoms with van der Waals surface area (Å²) in [6, 6.07) is 25.2. The van der Waals surface area contributed by atoms with Gasteiger partial charge in [-0.3, -0.25) is 24.1 Å². The lowest BCUT2D eigenvalue weighted by Crippen LogP contribution is -2.57. The number of hydrogen-bond acceptors (Lipinski definition) is 12. The molecule has 1 aromatic heterocycles. The van der Waals surface area contributed by atoms with Gasteiger partial charge in [0.15, 0.2) is 5.11 Å². The van der Waals surface area contributed by atoms with Crippen molar-refractivity contribution in [2.75, 3.05) is 49.4 Å². The molecule has 0 aliphatic carbocycles. The number of aromatic nitrogens is 1. The molecule has 4 aromatic carbocycles. The summed E-state index contributed by atoms with van der Waals surface area (Å²) in [5.74, 6) is -1.14. The van der Waals surface area contributed by atoms with Crippen molar-refractivity contribution in [2.45, 2.75) is 90.8 Å². The van der Waals surface area contributed by atoms with Crippen LogP contribution in [0.3, 0.4) is 0 Å². The van der Waals surface area contributed by atoms with Crippen molar-refractivity contribution in [3.05, 3.63) is 119 Å². The summed E-state index contributed by atoms with van der Waals surface area (Å²) in [6.45, 7) is 12.0. The molecule has 15 nitrogen and oxygen atoms in total. The number of thiazole rings is 1. The Bertz CT molecular complexity index is 2880. The van der Waals surface area contributed by atoms with Crippen LogP contribution in [0.25, 0.3) is 21.6 Å². The summed E-state index contributed by atoms with van der Waals surface area (Å²) in [7, 11) is 0. The van der Waals surface area contributed by atoms with Gasteiger partial charge in [-0.15, -0.1) is 11.3 Å². The number of carbonyl (C=O) groups excluding carboxylic acids is 4. The van der Waals surface area contributed by atoms with Crippen LogP contribution >= 0.6 is 23.6 Å². The monoisotopic (exact) mass is 1050 g/mol. The second kappa shape index (κ2) is 23.2. The standard InChI is InChI=1S/C54H58F3N7O8S2/c1-33-46(74-32-60-33)37-9-7-34(8-10-37)30-59-48(67)44-28-41(65)31-62(44)49(68)47(52(2,3)4)61-45(66)21-22-70-23-24-71-25-26-72-42-19-14-36(15-20-42)35-11-16-39(17-12-35)64-51(73)63(50(69)53(64,5)6)40-18-13-38(29-58)43(27-40)54(55,56)57/h7-20,27,32,41,44,47,65H,21-26,28,30-31H2,1-6H3,(H,59,67)(H,61,66)/t41-,44+,47-/m1/s1. The van der Waals surface area contributed by atoms with Gasteiger partial charge in [0.1, 0.15) is 30.0 Å². The van der Waals surface area contributed by atoms with Crippen LogP contribution in [0.2, 0.25) is 0 Å². The summed E-state index contributed by atoms with van der Waals surface area (Å²) in [4.78, 5) is 63.5. The average Bonchev–Trinajstić information content (AvgIpc) is 4.03. The maximum atomic E-state index is 14.0. The fourth-order valence-electron chi connectivity index (χ4n) is 8.72. The van der Waals surface area contributed by atoms with Gasteiger partial charge in [-0.05, 0) is 103 Å². The van der Waals surface area contributed by atoms with Crippen LogP contribution in [0.1, 0.15) is 69.8 Å². The Labute approximate surface area is 437 Å². The van der Waals surface area contributed by atoms with Crippen molar-refractivity contribution in [2.24, 2.45) is 5.41 Å². The van der Waals surface area contributed by atoms with Crippen LogP contribution in [0.15, 0.2) is 96.5 Å². The number of alkyl halides is 3. The number of benzene rings is 4. The number of carbonyl (C=O) groups is 4. The summed E-state index contributed by atoms with van der Waals surface area (Å²) in [6.07, 6.45) is -5.63. The predicted molar refractivity (Wildman–Crippen MR) is 278 cm³/mol. The fraction of sp³-hybridized carbons (Fsp3) is 0.389. The van der Waals surface area contributed by atoms with E-state index < -0.39 is 64.2 Å². The molecular weight excluding hydrogens is 996 g/mol. The molecular formula is C54H58F3N7O8S2. The number of amides is 4. The molecule has 0 unspecified atom stereocenters. The normalized spacial score (nSPS) is 17.1. The van der Waals surface area contributed by atoms with E-state index >= 15 is 0 Å². The molecule has 5 aromatic rings. The quantitative estimate of drug-likeness (QED) is 0.0533. The van der Waals surface area contributed by atoms with Gasteiger partial charge >= 0.3 is 6.18 Å². The van der Waals surface area contributed by atoms with Gasteiger partial charge in [-0.1, -0.05) is 69.3 Å². The Morgan fingerprint density at radius 3 is 2.12 bits per heavy atom. The summed E-state index contributed by atoms with van der Waals surface area (Å²) in [5.41, 5.74) is 3.23. The number of aliphatic hydroxyl groups excluding tert-OH is 1. The first kappa shape index (κ1) is 55.0. The zero-order valence-corrected chi connectivity index (χ0v) is 43.5. The molecule has 0 radical (unpaired) electrons. The number of ether oxygens (including phenoxy) is 3. The number of aryl methyl sites for hydroxylation is 1. The van der Waals surface area contributed by atoms with Crippen molar-refractivity contribution in [1.82, 2.24) is 20.5 Å². The lowest BCUT2D eigenvalue weighted by molar-refractivity contribution is -0.144. The second-order valence-electron chi connectivity index (χ2n) is 19.5. The molecule has 3 N–H and O–H groups in total. The van der Waals surface area contributed by atoms with Crippen LogP contribution in [-0.4, -0.2) is 107 Å². The number of rotatable bonds is 19. The SMILES string of the molecule is Cc1ncsc1-c1ccc(CNC(=O)[C@@H]2C[C@@H](O)CN2C(=O)[C@@H](NC(=O)CCOCCOCCOc2ccc(-c3ccc(N4C(=S)N(c5ccc(C#N)c(C(F)(F)F)c5)C(=O)C4(C)C)cc3)cc2)C(C)(C)C)cc1. The first-order valence-corrected chi connectivity index (χ1v) is 25.2. The van der Waals surface area contributed by atoms with E-state index in [4.69, 9.17) is 26.4 Å². The topological polar surface area (TPSA) is 187 Å². The van der Waals surface area contributed by atoms with Gasteiger partial charge in [0, 0.05) is 31.6 Å². The fourth-order valence-corrected chi connectivity index (χ4v) is 10.1. The first-order valence-electron chi connectivity index (χ1n) is 23.9. The van der Waals surface area contributed by atoms with E-state index in [1.165, 1.54) is 11.0 Å². The number of anilines is 2. The molecule has 74 heavy (non-hydrogen) atoms. The lowest BCUT2D eigenvalue weighted by Gasteiger charge is -2.35. The zero-order chi connectivity index (χ0) is 53.5. The predicted octanol–water partition coefficient (Wildman–Crippen LogP) is 8.20. The maximum Gasteiger partial charge on any atom is 0.417 e. The zero-order valence-electron chi connectivity index (χ0n) is 41.8. The molecule has 2 saturated heterocycles. The van der Waals surface area contributed by atoms with Crippen LogP contribution < -0.4 is 25.2 Å². The van der Waals surface area contributed by atoms with Gasteiger partial charge in [0.2, 0.25) is 17.7 Å². The minimum atomic E-state index is -4.80. The Morgan fingerprint density at radius 1 is 0.905 bits per heavy atom. The molecule has 390 valence electrons. The molecule has 4 amide bonds. The molecule has 20 heteroatoms. The van der Waals surface area contributed by atoms with Crippen LogP contribution in [-0.2, 0) is 41.4 Å². The van der Waals surface area contributed by atoms with E-state index in [2.05, 4.69) is 15.6 Å². The highest BCUT2D eigenvalue weighted by molar-refractivity contribution is 7.81. The minimum Gasteiger partial charge on any atom is -0.491 e. The van der Waals surface area contributed by atoms with E-state index in [9.17, 15) is 42.7 Å². The second-order valence-corrected chi connectivity index (χ2v) is 20.7. The Morgan fingerprint density at radius 2 is 1.51 bits per heavy atom. The number of nitrogens with zero attached hydrogens (tertiary/aromatic N) is 5. The number of nitriles is 1. The van der Waals surface area contributed by atoms with E-state index in [1.54, 1.807) is 53.8 Å². The van der Waals surface area contributed by atoms with Crippen LogP contribution in [0.5, 0.6) is 5.75 Å². The van der Waals surface area contributed by atoms with Gasteiger partial charge in [0.05, 0.1) is 71.5 Å². The number of hydrogen-bond donors (Lipinski definition) is 3.